The molecule has 0 N–H and O–H groups in total. The van der Waals surface area contributed by atoms with E-state index in [1.54, 1.807) is 0 Å². The van der Waals surface area contributed by atoms with Crippen LogP contribution in [0, 0.1) is 0 Å². The molecule has 10 nitrogen and oxygen atoms in total. The molecule has 0 aromatic rings. The van der Waals surface area contributed by atoms with Crippen molar-refractivity contribution < 1.29 is 104 Å². The first kappa shape index (κ1) is 32.3. The van der Waals surface area contributed by atoms with Gasteiger partial charge >= 0.3 is 59.1 Å². The molecule has 0 aliphatic heterocycles. The molecule has 0 amide bonds. The molecule has 146 valence electrons. The van der Waals surface area contributed by atoms with Crippen molar-refractivity contribution in [3.8, 4) is 0 Å². The van der Waals surface area contributed by atoms with Crippen LogP contribution in [0.15, 0.2) is 0 Å². The van der Waals surface area contributed by atoms with E-state index in [0.717, 1.165) is 0 Å². The summed E-state index contributed by atoms with van der Waals surface area (Å²) in [6, 6.07) is 0. The summed E-state index contributed by atoms with van der Waals surface area (Å²) in [4.78, 5) is 0. The van der Waals surface area contributed by atoms with Gasteiger partial charge in [-0.05, 0) is 12.8 Å². The average molecular weight is 438 g/mol. The Bertz CT molecular complexity index is 452. The van der Waals surface area contributed by atoms with Gasteiger partial charge in [0.2, 0.25) is 0 Å². The predicted octanol–water partition coefficient (Wildman–Crippen LogP) is -7.07. The summed E-state index contributed by atoms with van der Waals surface area (Å²) >= 11 is 0. The molecule has 14 heteroatoms. The summed E-state index contributed by atoms with van der Waals surface area (Å²) in [5, 5.41) is 0. The first-order chi connectivity index (χ1) is 11.2. The second kappa shape index (κ2) is 20.0. The number of hydrogen-bond acceptors (Lipinski definition) is 10. The largest absolute Gasteiger partial charge is 1.00 e. The molecule has 0 saturated carbocycles. The van der Waals surface area contributed by atoms with Crippen LogP contribution in [0.1, 0.15) is 12.8 Å². The Morgan fingerprint density at radius 1 is 0.500 bits per heavy atom. The minimum Gasteiger partial charge on any atom is -0.748 e. The second-order valence-corrected chi connectivity index (χ2v) is 7.73. The van der Waals surface area contributed by atoms with Gasteiger partial charge in [-0.15, -0.1) is 0 Å². The van der Waals surface area contributed by atoms with Gasteiger partial charge in [-0.25, -0.2) is 16.8 Å². The Morgan fingerprint density at radius 2 is 0.731 bits per heavy atom. The fourth-order valence-corrected chi connectivity index (χ4v) is 2.38. The summed E-state index contributed by atoms with van der Waals surface area (Å²) < 4.78 is 82.4. The molecule has 0 fully saturated rings. The topological polar surface area (TPSA) is 151 Å². The van der Waals surface area contributed by atoms with E-state index < -0.39 is 31.7 Å². The second-order valence-electron chi connectivity index (χ2n) is 4.68. The van der Waals surface area contributed by atoms with Crippen LogP contribution in [0.5, 0.6) is 0 Å². The number of rotatable bonds is 17. The van der Waals surface area contributed by atoms with Crippen LogP contribution in [-0.4, -0.2) is 90.3 Å². The first-order valence-corrected chi connectivity index (χ1v) is 10.5. The van der Waals surface area contributed by atoms with E-state index in [0.29, 0.717) is 39.6 Å². The third-order valence-electron chi connectivity index (χ3n) is 2.48. The Hall–Kier alpha value is 1.66. The summed E-state index contributed by atoms with van der Waals surface area (Å²) in [5.74, 6) is -0.868. The molecule has 0 aliphatic rings. The zero-order chi connectivity index (χ0) is 18.3. The average Bonchev–Trinajstić information content (AvgIpc) is 2.44. The minimum absolute atomic E-state index is 0. The van der Waals surface area contributed by atoms with Gasteiger partial charge in [0.05, 0.1) is 59.9 Å². The zero-order valence-corrected chi connectivity index (χ0v) is 21.0. The van der Waals surface area contributed by atoms with Gasteiger partial charge in [-0.2, -0.15) is 0 Å². The zero-order valence-electron chi connectivity index (χ0n) is 15.4. The molecule has 0 saturated heterocycles. The molecular weight excluding hydrogens is 414 g/mol. The van der Waals surface area contributed by atoms with Crippen molar-refractivity contribution in [2.75, 3.05) is 64.4 Å². The maximum Gasteiger partial charge on any atom is 1.00 e. The Kier molecular flexibility index (Phi) is 24.8. The third-order valence-corrected chi connectivity index (χ3v) is 4.06. The SMILES string of the molecule is O=S(=O)([O-])CCCOCCOCCOCCOCCCS(=O)(=O)[O-].[Na+].[Na+]. The molecule has 0 atom stereocenters. The third kappa shape index (κ3) is 30.4. The molecule has 0 aromatic heterocycles. The fraction of sp³-hybridized carbons (Fsp3) is 1.00. The predicted molar refractivity (Wildman–Crippen MR) is 81.6 cm³/mol. The molecule has 0 aliphatic carbocycles. The molecule has 0 heterocycles. The van der Waals surface area contributed by atoms with E-state index in [2.05, 4.69) is 0 Å². The van der Waals surface area contributed by atoms with Gasteiger partial charge in [-0.3, -0.25) is 0 Å². The van der Waals surface area contributed by atoms with E-state index in [4.69, 9.17) is 18.9 Å². The van der Waals surface area contributed by atoms with Crippen molar-refractivity contribution in [2.24, 2.45) is 0 Å². The molecule has 0 unspecified atom stereocenters. The van der Waals surface area contributed by atoms with Crippen molar-refractivity contribution in [3.05, 3.63) is 0 Å². The van der Waals surface area contributed by atoms with Crippen molar-refractivity contribution >= 4 is 20.2 Å². The van der Waals surface area contributed by atoms with Crippen LogP contribution >= 0.6 is 0 Å². The molecule has 26 heavy (non-hydrogen) atoms. The van der Waals surface area contributed by atoms with E-state index in [1.807, 2.05) is 0 Å². The standard InChI is InChI=1S/C12H26O10S2.2Na/c13-23(14,15)11-1-3-19-5-7-21-9-10-22-8-6-20-4-2-12-24(16,17)18;;/h1-12H2,(H,13,14,15)(H,16,17,18);;/q;2*+1/p-2. The van der Waals surface area contributed by atoms with Crippen molar-refractivity contribution in [1.82, 2.24) is 0 Å². The molecule has 0 bridgehead atoms. The van der Waals surface area contributed by atoms with E-state index >= 15 is 0 Å². The van der Waals surface area contributed by atoms with E-state index in [9.17, 15) is 25.9 Å². The van der Waals surface area contributed by atoms with Crippen LogP contribution in [0.2, 0.25) is 0 Å². The molecular formula is C12H24Na2O10S2. The van der Waals surface area contributed by atoms with Crippen molar-refractivity contribution in [1.29, 1.82) is 0 Å². The molecule has 0 rings (SSSR count). The van der Waals surface area contributed by atoms with Gasteiger partial charge in [0.1, 0.15) is 0 Å². The molecule has 0 aromatic carbocycles. The normalized spacial score (nSPS) is 11.6. The van der Waals surface area contributed by atoms with E-state index in [1.165, 1.54) is 0 Å². The monoisotopic (exact) mass is 438 g/mol. The van der Waals surface area contributed by atoms with Crippen molar-refractivity contribution in [2.45, 2.75) is 12.8 Å². The molecule has 0 radical (unpaired) electrons. The van der Waals surface area contributed by atoms with Crippen LogP contribution < -0.4 is 59.1 Å². The number of hydrogen-bond donors (Lipinski definition) is 0. The van der Waals surface area contributed by atoms with Crippen LogP contribution in [0.4, 0.5) is 0 Å². The van der Waals surface area contributed by atoms with Gasteiger partial charge in [0.25, 0.3) is 0 Å². The summed E-state index contributed by atoms with van der Waals surface area (Å²) in [7, 11) is -8.35. The number of ether oxygens (including phenoxy) is 4. The summed E-state index contributed by atoms with van der Waals surface area (Å²) in [6.45, 7) is 2.33. The quantitative estimate of drug-likeness (QED) is 0.122. The van der Waals surface area contributed by atoms with Gasteiger partial charge in [0.15, 0.2) is 0 Å². The Balaban J connectivity index is -0.00000264. The molecule has 0 spiro atoms. The smallest absolute Gasteiger partial charge is 0.748 e. The van der Waals surface area contributed by atoms with Crippen LogP contribution in [0.25, 0.3) is 0 Å². The van der Waals surface area contributed by atoms with Crippen LogP contribution in [-0.2, 0) is 39.2 Å². The van der Waals surface area contributed by atoms with Crippen molar-refractivity contribution in [3.63, 3.8) is 0 Å². The fourth-order valence-electron chi connectivity index (χ4n) is 1.44. The Labute approximate surface area is 199 Å². The Morgan fingerprint density at radius 3 is 0.962 bits per heavy atom. The van der Waals surface area contributed by atoms with Crippen LogP contribution in [0.3, 0.4) is 0 Å². The maximum absolute atomic E-state index is 10.3. The maximum atomic E-state index is 10.3. The van der Waals surface area contributed by atoms with Gasteiger partial charge < -0.3 is 28.1 Å². The summed E-state index contributed by atoms with van der Waals surface area (Å²) in [6.07, 6.45) is 0.325. The van der Waals surface area contributed by atoms with Gasteiger partial charge in [0, 0.05) is 24.7 Å². The first-order valence-electron chi connectivity index (χ1n) is 7.39. The minimum atomic E-state index is -4.18. The summed E-state index contributed by atoms with van der Waals surface area (Å²) in [5.41, 5.74) is 0. The van der Waals surface area contributed by atoms with E-state index in [-0.39, 0.29) is 85.2 Å². The van der Waals surface area contributed by atoms with Gasteiger partial charge in [-0.1, -0.05) is 0 Å².